The Kier molecular flexibility index (Phi) is 3.25. The van der Waals surface area contributed by atoms with Crippen molar-refractivity contribution in [3.63, 3.8) is 0 Å². The van der Waals surface area contributed by atoms with Crippen molar-refractivity contribution in [3.05, 3.63) is 55.6 Å². The zero-order valence-electron chi connectivity index (χ0n) is 11.0. The third kappa shape index (κ3) is 2.20. The smallest absolute Gasteiger partial charge is 0.337 e. The van der Waals surface area contributed by atoms with E-state index >= 15 is 0 Å². The molecule has 0 aliphatic heterocycles. The van der Waals surface area contributed by atoms with E-state index in [1.54, 1.807) is 7.05 Å². The molecular formula is C14H14BrN3O2. The molecule has 2 aromatic rings. The fourth-order valence-electron chi connectivity index (χ4n) is 2.25. The van der Waals surface area contributed by atoms with Crippen LogP contribution in [0.1, 0.15) is 18.9 Å². The normalized spacial score (nSPS) is 14.3. The first-order valence-corrected chi connectivity index (χ1v) is 7.23. The SMILES string of the molecule is CNc1cc(=O)n(C2CC2)c(=O)n1-c1ccc(Br)cc1. The second-order valence-corrected chi connectivity index (χ2v) is 5.73. The predicted octanol–water partition coefficient (Wildman–Crippen LogP) is 2.14. The predicted molar refractivity (Wildman–Crippen MR) is 81.8 cm³/mol. The van der Waals surface area contributed by atoms with Crippen molar-refractivity contribution in [2.45, 2.75) is 18.9 Å². The summed E-state index contributed by atoms with van der Waals surface area (Å²) >= 11 is 3.37. The van der Waals surface area contributed by atoms with Crippen LogP contribution in [0.5, 0.6) is 0 Å². The molecule has 20 heavy (non-hydrogen) atoms. The van der Waals surface area contributed by atoms with Gasteiger partial charge in [-0.1, -0.05) is 15.9 Å². The number of anilines is 1. The highest BCUT2D eigenvalue weighted by molar-refractivity contribution is 9.10. The highest BCUT2D eigenvalue weighted by atomic mass is 79.9. The Hall–Kier alpha value is -1.82. The molecule has 1 aromatic carbocycles. The molecule has 1 heterocycles. The highest BCUT2D eigenvalue weighted by Crippen LogP contribution is 2.32. The average Bonchev–Trinajstić information content (AvgIpc) is 3.24. The number of halogens is 1. The maximum Gasteiger partial charge on any atom is 0.337 e. The quantitative estimate of drug-likeness (QED) is 0.934. The van der Waals surface area contributed by atoms with Crippen molar-refractivity contribution in [1.82, 2.24) is 9.13 Å². The molecule has 1 saturated carbocycles. The van der Waals surface area contributed by atoms with Crippen LogP contribution >= 0.6 is 15.9 Å². The molecule has 6 heteroatoms. The molecule has 0 saturated heterocycles. The zero-order chi connectivity index (χ0) is 14.3. The fourth-order valence-corrected chi connectivity index (χ4v) is 2.51. The zero-order valence-corrected chi connectivity index (χ0v) is 12.6. The first-order chi connectivity index (χ1) is 9.61. The molecule has 0 bridgehead atoms. The molecule has 1 aliphatic rings. The summed E-state index contributed by atoms with van der Waals surface area (Å²) in [6.45, 7) is 0. The molecule has 0 atom stereocenters. The van der Waals surface area contributed by atoms with Gasteiger partial charge in [-0.3, -0.25) is 9.36 Å². The Morgan fingerprint density at radius 1 is 1.20 bits per heavy atom. The van der Waals surface area contributed by atoms with Crippen molar-refractivity contribution in [2.75, 3.05) is 12.4 Å². The van der Waals surface area contributed by atoms with Crippen LogP contribution in [0, 0.1) is 0 Å². The Morgan fingerprint density at radius 2 is 1.85 bits per heavy atom. The maximum absolute atomic E-state index is 12.6. The van der Waals surface area contributed by atoms with Crippen LogP contribution < -0.4 is 16.6 Å². The molecule has 1 aromatic heterocycles. The topological polar surface area (TPSA) is 56.0 Å². The minimum absolute atomic E-state index is 0.0580. The lowest BCUT2D eigenvalue weighted by Gasteiger charge is -2.14. The number of rotatable bonds is 3. The molecular weight excluding hydrogens is 322 g/mol. The van der Waals surface area contributed by atoms with E-state index in [-0.39, 0.29) is 17.3 Å². The van der Waals surface area contributed by atoms with E-state index in [0.29, 0.717) is 5.82 Å². The standard InChI is InChI=1S/C14H14BrN3O2/c1-16-12-8-13(19)18(11-6-7-11)14(20)17(12)10-4-2-9(15)3-5-10/h2-5,8,11,16H,6-7H2,1H3. The monoisotopic (exact) mass is 335 g/mol. The van der Waals surface area contributed by atoms with Gasteiger partial charge < -0.3 is 5.32 Å². The minimum Gasteiger partial charge on any atom is -0.374 e. The number of hydrogen-bond acceptors (Lipinski definition) is 3. The van der Waals surface area contributed by atoms with Crippen molar-refractivity contribution in [2.24, 2.45) is 0 Å². The Labute approximate surface area is 124 Å². The molecule has 3 rings (SSSR count). The number of nitrogens with one attached hydrogen (secondary N) is 1. The summed E-state index contributed by atoms with van der Waals surface area (Å²) in [4.78, 5) is 24.7. The van der Waals surface area contributed by atoms with Gasteiger partial charge in [0.15, 0.2) is 0 Å². The summed E-state index contributed by atoms with van der Waals surface area (Å²) < 4.78 is 3.82. The molecule has 5 nitrogen and oxygen atoms in total. The maximum atomic E-state index is 12.6. The molecule has 0 unspecified atom stereocenters. The van der Waals surface area contributed by atoms with E-state index in [2.05, 4.69) is 21.2 Å². The summed E-state index contributed by atoms with van der Waals surface area (Å²) in [5.41, 5.74) is 0.207. The summed E-state index contributed by atoms with van der Waals surface area (Å²) in [5.74, 6) is 0.499. The van der Waals surface area contributed by atoms with Gasteiger partial charge in [0.05, 0.1) is 5.69 Å². The third-order valence-corrected chi connectivity index (χ3v) is 3.92. The Bertz CT molecular complexity index is 757. The van der Waals surface area contributed by atoms with Crippen molar-refractivity contribution in [1.29, 1.82) is 0 Å². The van der Waals surface area contributed by atoms with Gasteiger partial charge in [-0.2, -0.15) is 0 Å². The molecule has 0 amide bonds. The summed E-state index contributed by atoms with van der Waals surface area (Å²) in [6.07, 6.45) is 1.79. The second-order valence-electron chi connectivity index (χ2n) is 4.81. The van der Waals surface area contributed by atoms with Gasteiger partial charge in [0.2, 0.25) is 0 Å². The molecule has 1 N–H and O–H groups in total. The van der Waals surface area contributed by atoms with Gasteiger partial charge in [0, 0.05) is 23.6 Å². The van der Waals surface area contributed by atoms with Crippen LogP contribution in [-0.4, -0.2) is 16.2 Å². The van der Waals surface area contributed by atoms with Crippen LogP contribution in [-0.2, 0) is 0 Å². The Balaban J connectivity index is 2.27. The summed E-state index contributed by atoms with van der Waals surface area (Å²) in [6, 6.07) is 8.95. The minimum atomic E-state index is -0.285. The first kappa shape index (κ1) is 13.2. The summed E-state index contributed by atoms with van der Waals surface area (Å²) in [7, 11) is 1.70. The number of nitrogens with zero attached hydrogens (tertiary/aromatic N) is 2. The van der Waals surface area contributed by atoms with Gasteiger partial charge in [-0.05, 0) is 37.1 Å². The average molecular weight is 336 g/mol. The van der Waals surface area contributed by atoms with Crippen LogP contribution in [0.2, 0.25) is 0 Å². The van der Waals surface area contributed by atoms with E-state index in [1.165, 1.54) is 15.2 Å². The molecule has 0 radical (unpaired) electrons. The van der Waals surface area contributed by atoms with Gasteiger partial charge >= 0.3 is 5.69 Å². The third-order valence-electron chi connectivity index (χ3n) is 3.39. The lowest BCUT2D eigenvalue weighted by atomic mass is 10.3. The van der Waals surface area contributed by atoms with Gasteiger partial charge in [0.25, 0.3) is 5.56 Å². The van der Waals surface area contributed by atoms with Crippen LogP contribution in [0.15, 0.2) is 44.4 Å². The highest BCUT2D eigenvalue weighted by Gasteiger charge is 2.28. The largest absolute Gasteiger partial charge is 0.374 e. The number of hydrogen-bond donors (Lipinski definition) is 1. The Morgan fingerprint density at radius 3 is 2.40 bits per heavy atom. The lowest BCUT2D eigenvalue weighted by molar-refractivity contribution is 0.633. The van der Waals surface area contributed by atoms with Gasteiger partial charge in [-0.15, -0.1) is 0 Å². The van der Waals surface area contributed by atoms with Crippen LogP contribution in [0.25, 0.3) is 5.69 Å². The van der Waals surface area contributed by atoms with Gasteiger partial charge in [0.1, 0.15) is 5.82 Å². The van der Waals surface area contributed by atoms with E-state index in [0.717, 1.165) is 23.0 Å². The summed E-state index contributed by atoms with van der Waals surface area (Å²) in [5, 5.41) is 2.91. The molecule has 1 aliphatic carbocycles. The van der Waals surface area contributed by atoms with Crippen LogP contribution in [0.4, 0.5) is 5.82 Å². The number of benzene rings is 1. The fraction of sp³-hybridized carbons (Fsp3) is 0.286. The molecule has 0 spiro atoms. The second kappa shape index (κ2) is 4.94. The number of aromatic nitrogens is 2. The van der Waals surface area contributed by atoms with Crippen LogP contribution in [0.3, 0.4) is 0 Å². The first-order valence-electron chi connectivity index (χ1n) is 6.44. The van der Waals surface area contributed by atoms with Crippen molar-refractivity contribution in [3.8, 4) is 5.69 Å². The lowest BCUT2D eigenvalue weighted by Crippen LogP contribution is -2.39. The van der Waals surface area contributed by atoms with Gasteiger partial charge in [-0.25, -0.2) is 9.36 Å². The van der Waals surface area contributed by atoms with E-state index in [1.807, 2.05) is 24.3 Å². The molecule has 104 valence electrons. The molecule has 1 fully saturated rings. The van der Waals surface area contributed by atoms with Crippen molar-refractivity contribution >= 4 is 21.7 Å². The van der Waals surface area contributed by atoms with E-state index in [9.17, 15) is 9.59 Å². The van der Waals surface area contributed by atoms with E-state index < -0.39 is 0 Å². The van der Waals surface area contributed by atoms with Crippen molar-refractivity contribution < 1.29 is 0 Å². The van der Waals surface area contributed by atoms with E-state index in [4.69, 9.17) is 0 Å².